The Morgan fingerprint density at radius 2 is 1.97 bits per heavy atom. The van der Waals surface area contributed by atoms with Crippen LogP contribution in [0.1, 0.15) is 51.3 Å². The first-order valence-corrected chi connectivity index (χ1v) is 12.0. The number of rotatable bonds is 6. The fourth-order valence-electron chi connectivity index (χ4n) is 4.64. The van der Waals surface area contributed by atoms with Gasteiger partial charge in [-0.2, -0.15) is 15.5 Å². The molecule has 1 fully saturated rings. The molecule has 0 aliphatic heterocycles. The minimum Gasteiger partial charge on any atom is -0.489 e. The standard InChI is InChI=1S/C26H30N8O/c1-17-23(6-5-11-29-17)35-20-9-7-19(8-10-20)34-22-12-24(28-4)30-14-21(22)25(32-34)18-13-31-33(15-18)26(2,3)16-27/h5-6,11-15,19-20H,7-10H2,1-4H3,(H,28,30)/t19-,20+. The maximum Gasteiger partial charge on any atom is 0.143 e. The minimum absolute atomic E-state index is 0.177. The molecule has 4 aromatic heterocycles. The van der Waals surface area contributed by atoms with Crippen LogP contribution >= 0.6 is 0 Å². The first-order chi connectivity index (χ1) is 16.9. The molecule has 0 bridgehead atoms. The molecule has 0 aromatic carbocycles. The summed E-state index contributed by atoms with van der Waals surface area (Å²) in [4.78, 5) is 8.87. The molecule has 0 unspecified atom stereocenters. The van der Waals surface area contributed by atoms with Crippen LogP contribution in [-0.4, -0.2) is 42.7 Å². The van der Waals surface area contributed by atoms with E-state index in [1.807, 2.05) is 52.3 Å². The summed E-state index contributed by atoms with van der Waals surface area (Å²) >= 11 is 0. The molecule has 1 aliphatic rings. The van der Waals surface area contributed by atoms with Gasteiger partial charge in [-0.3, -0.25) is 14.3 Å². The van der Waals surface area contributed by atoms with Crippen LogP contribution in [0.5, 0.6) is 5.75 Å². The lowest BCUT2D eigenvalue weighted by molar-refractivity contribution is 0.129. The predicted octanol–water partition coefficient (Wildman–Crippen LogP) is 4.86. The quantitative estimate of drug-likeness (QED) is 0.429. The number of hydrogen-bond acceptors (Lipinski definition) is 7. The highest BCUT2D eigenvalue weighted by molar-refractivity contribution is 5.93. The van der Waals surface area contributed by atoms with E-state index in [0.29, 0.717) is 0 Å². The van der Waals surface area contributed by atoms with Crippen molar-refractivity contribution in [1.82, 2.24) is 29.5 Å². The first kappa shape index (κ1) is 22.8. The summed E-state index contributed by atoms with van der Waals surface area (Å²) in [5, 5.41) is 23.1. The summed E-state index contributed by atoms with van der Waals surface area (Å²) in [7, 11) is 1.87. The Morgan fingerprint density at radius 3 is 2.69 bits per heavy atom. The molecule has 0 amide bonds. The van der Waals surface area contributed by atoms with E-state index in [-0.39, 0.29) is 12.1 Å². The number of nitrogens with zero attached hydrogens (tertiary/aromatic N) is 7. The third-order valence-corrected chi connectivity index (χ3v) is 6.79. The van der Waals surface area contributed by atoms with Crippen LogP contribution in [0.2, 0.25) is 0 Å². The third kappa shape index (κ3) is 4.32. The van der Waals surface area contributed by atoms with Gasteiger partial charge in [0.2, 0.25) is 0 Å². The summed E-state index contributed by atoms with van der Waals surface area (Å²) in [6.07, 6.45) is 11.3. The SMILES string of the molecule is CNc1cc2c(cn1)c(-c1cnn(C(C)(C)C#N)c1)nn2[C@H]1CC[C@@H](Oc2cccnc2C)CC1. The molecule has 0 radical (unpaired) electrons. The number of hydrogen-bond donors (Lipinski definition) is 1. The van der Waals surface area contributed by atoms with E-state index in [4.69, 9.17) is 9.84 Å². The van der Waals surface area contributed by atoms with Crippen LogP contribution in [0, 0.1) is 18.3 Å². The van der Waals surface area contributed by atoms with Gasteiger partial charge >= 0.3 is 0 Å². The monoisotopic (exact) mass is 470 g/mol. The van der Waals surface area contributed by atoms with E-state index in [0.717, 1.165) is 65.1 Å². The highest BCUT2D eigenvalue weighted by atomic mass is 16.5. The van der Waals surface area contributed by atoms with Gasteiger partial charge in [0.1, 0.15) is 22.8 Å². The van der Waals surface area contributed by atoms with Gasteiger partial charge in [-0.25, -0.2) is 4.98 Å². The molecule has 5 rings (SSSR count). The summed E-state index contributed by atoms with van der Waals surface area (Å²) < 4.78 is 10.1. The highest BCUT2D eigenvalue weighted by Crippen LogP contribution is 2.37. The van der Waals surface area contributed by atoms with Gasteiger partial charge in [-0.05, 0) is 58.6 Å². The zero-order valence-corrected chi connectivity index (χ0v) is 20.6. The molecule has 0 spiro atoms. The second-order valence-electron chi connectivity index (χ2n) is 9.61. The molecule has 35 heavy (non-hydrogen) atoms. The van der Waals surface area contributed by atoms with E-state index < -0.39 is 5.54 Å². The number of fused-ring (bicyclic) bond motifs is 1. The van der Waals surface area contributed by atoms with Gasteiger partial charge in [-0.1, -0.05) is 0 Å². The molecule has 0 saturated heterocycles. The number of anilines is 1. The number of aromatic nitrogens is 6. The largest absolute Gasteiger partial charge is 0.489 e. The molecular weight excluding hydrogens is 440 g/mol. The van der Waals surface area contributed by atoms with Gasteiger partial charge in [-0.15, -0.1) is 0 Å². The van der Waals surface area contributed by atoms with Crippen molar-refractivity contribution in [3.63, 3.8) is 0 Å². The Morgan fingerprint density at radius 1 is 1.17 bits per heavy atom. The maximum atomic E-state index is 9.50. The molecule has 4 heterocycles. The topological polar surface area (TPSA) is 106 Å². The van der Waals surface area contributed by atoms with Crippen molar-refractivity contribution in [2.75, 3.05) is 12.4 Å². The Labute approximate surface area is 204 Å². The number of aryl methyl sites for hydroxylation is 1. The lowest BCUT2D eigenvalue weighted by Gasteiger charge is -2.29. The molecule has 180 valence electrons. The summed E-state index contributed by atoms with van der Waals surface area (Å²) in [6, 6.07) is 8.51. The van der Waals surface area contributed by atoms with Gasteiger partial charge in [0.25, 0.3) is 0 Å². The van der Waals surface area contributed by atoms with E-state index >= 15 is 0 Å². The van der Waals surface area contributed by atoms with Gasteiger partial charge in [0, 0.05) is 42.7 Å². The molecule has 1 saturated carbocycles. The maximum absolute atomic E-state index is 9.50. The molecule has 9 nitrogen and oxygen atoms in total. The average Bonchev–Trinajstić information content (AvgIpc) is 3.51. The van der Waals surface area contributed by atoms with Gasteiger partial charge in [0.05, 0.1) is 35.6 Å². The van der Waals surface area contributed by atoms with Crippen molar-refractivity contribution in [2.45, 2.75) is 64.1 Å². The highest BCUT2D eigenvalue weighted by Gasteiger charge is 2.28. The molecule has 4 aromatic rings. The first-order valence-electron chi connectivity index (χ1n) is 12.0. The van der Waals surface area contributed by atoms with Crippen molar-refractivity contribution in [3.05, 3.63) is 48.7 Å². The molecular formula is C26H30N8O. The Kier molecular flexibility index (Phi) is 5.89. The molecule has 0 atom stereocenters. The number of pyridine rings is 2. The van der Waals surface area contributed by atoms with Crippen LogP contribution in [0.3, 0.4) is 0 Å². The van der Waals surface area contributed by atoms with Crippen LogP contribution in [-0.2, 0) is 5.54 Å². The predicted molar refractivity (Wildman–Crippen MR) is 134 cm³/mol. The second-order valence-corrected chi connectivity index (χ2v) is 9.61. The smallest absolute Gasteiger partial charge is 0.143 e. The van der Waals surface area contributed by atoms with E-state index in [1.165, 1.54) is 0 Å². The van der Waals surface area contributed by atoms with E-state index in [1.54, 1.807) is 17.1 Å². The lowest BCUT2D eigenvalue weighted by atomic mass is 9.93. The van der Waals surface area contributed by atoms with E-state index in [2.05, 4.69) is 37.2 Å². The zero-order valence-electron chi connectivity index (χ0n) is 20.6. The average molecular weight is 471 g/mol. The number of ether oxygens (including phenoxy) is 1. The lowest BCUT2D eigenvalue weighted by Crippen LogP contribution is -2.26. The Bertz CT molecular complexity index is 1390. The Balaban J connectivity index is 1.44. The third-order valence-electron chi connectivity index (χ3n) is 6.79. The zero-order chi connectivity index (χ0) is 24.6. The number of nitriles is 1. The minimum atomic E-state index is -0.737. The second kappa shape index (κ2) is 9.02. The van der Waals surface area contributed by atoms with Gasteiger partial charge < -0.3 is 10.1 Å². The normalized spacial score (nSPS) is 18.4. The summed E-state index contributed by atoms with van der Waals surface area (Å²) in [6.45, 7) is 5.66. The molecule has 1 aliphatic carbocycles. The van der Waals surface area contributed by atoms with E-state index in [9.17, 15) is 5.26 Å². The van der Waals surface area contributed by atoms with Crippen LogP contribution in [0.15, 0.2) is 43.0 Å². The van der Waals surface area contributed by atoms with Crippen molar-refractivity contribution in [2.24, 2.45) is 0 Å². The van der Waals surface area contributed by atoms with Crippen molar-refractivity contribution >= 4 is 16.7 Å². The van der Waals surface area contributed by atoms with Crippen molar-refractivity contribution in [3.8, 4) is 23.1 Å². The Hall–Kier alpha value is -3.93. The number of nitrogens with one attached hydrogen (secondary N) is 1. The van der Waals surface area contributed by atoms with Crippen LogP contribution in [0.25, 0.3) is 22.2 Å². The van der Waals surface area contributed by atoms with Crippen LogP contribution in [0.4, 0.5) is 5.82 Å². The molecule has 9 heteroatoms. The fraction of sp³-hybridized carbons (Fsp3) is 0.423. The summed E-state index contributed by atoms with van der Waals surface area (Å²) in [5.74, 6) is 1.67. The fourth-order valence-corrected chi connectivity index (χ4v) is 4.64. The van der Waals surface area contributed by atoms with Gasteiger partial charge in [0.15, 0.2) is 0 Å². The van der Waals surface area contributed by atoms with Crippen LogP contribution < -0.4 is 10.1 Å². The molecule has 1 N–H and O–H groups in total. The van der Waals surface area contributed by atoms with Crippen molar-refractivity contribution in [1.29, 1.82) is 5.26 Å². The van der Waals surface area contributed by atoms with Crippen molar-refractivity contribution < 1.29 is 4.74 Å². The summed E-state index contributed by atoms with van der Waals surface area (Å²) in [5.41, 5.74) is 2.93.